The first-order valence-corrected chi connectivity index (χ1v) is 13.3. The van der Waals surface area contributed by atoms with Crippen molar-refractivity contribution in [3.05, 3.63) is 65.4 Å². The van der Waals surface area contributed by atoms with Crippen LogP contribution in [0.1, 0.15) is 64.4 Å². The zero-order chi connectivity index (χ0) is 24.7. The maximum Gasteiger partial charge on any atom is 0.142 e. The van der Waals surface area contributed by atoms with E-state index in [1.54, 1.807) is 6.20 Å². The zero-order valence-corrected chi connectivity index (χ0v) is 21.8. The van der Waals surface area contributed by atoms with Crippen LogP contribution in [0.2, 0.25) is 0 Å². The molecule has 0 aromatic carbocycles. The molecule has 6 heteroatoms. The molecule has 190 valence electrons. The van der Waals surface area contributed by atoms with Gasteiger partial charge in [-0.3, -0.25) is 15.0 Å². The van der Waals surface area contributed by atoms with Gasteiger partial charge >= 0.3 is 0 Å². The molecule has 0 aliphatic carbocycles. The second-order valence-electron chi connectivity index (χ2n) is 9.12. The normalized spacial score (nSPS) is 17.5. The number of nitrogens with zero attached hydrogens (tertiary/aromatic N) is 4. The van der Waals surface area contributed by atoms with E-state index in [1.807, 2.05) is 24.4 Å². The zero-order valence-electron chi connectivity index (χ0n) is 21.8. The lowest BCUT2D eigenvalue weighted by Crippen LogP contribution is -2.29. The average molecular weight is 479 g/mol. The van der Waals surface area contributed by atoms with Crippen LogP contribution in [0.15, 0.2) is 69.8 Å². The Hall–Kier alpha value is -2.73. The summed E-state index contributed by atoms with van der Waals surface area (Å²) in [5, 5.41) is 0. The molecule has 0 fully saturated rings. The monoisotopic (exact) mass is 478 g/mol. The van der Waals surface area contributed by atoms with Crippen molar-refractivity contribution in [2.75, 3.05) is 46.4 Å². The van der Waals surface area contributed by atoms with Crippen molar-refractivity contribution in [2.24, 2.45) is 9.98 Å². The van der Waals surface area contributed by atoms with Crippen molar-refractivity contribution in [3.8, 4) is 0 Å². The van der Waals surface area contributed by atoms with E-state index >= 15 is 0 Å². The van der Waals surface area contributed by atoms with Gasteiger partial charge in [-0.1, -0.05) is 45.6 Å². The van der Waals surface area contributed by atoms with Crippen LogP contribution in [0.5, 0.6) is 0 Å². The number of allylic oxidation sites excluding steroid dienone is 2. The number of rotatable bonds is 12. The number of aliphatic imine (C=N–C) groups is 2. The second-order valence-corrected chi connectivity index (χ2v) is 9.12. The first-order chi connectivity index (χ1) is 17.2. The highest BCUT2D eigenvalue weighted by atomic mass is 16.5. The molecule has 0 bridgehead atoms. The lowest BCUT2D eigenvalue weighted by molar-refractivity contribution is 0.224. The highest BCUT2D eigenvalue weighted by Crippen LogP contribution is 2.20. The summed E-state index contributed by atoms with van der Waals surface area (Å²) in [6.07, 6.45) is 18.3. The first-order valence-electron chi connectivity index (χ1n) is 13.3. The Morgan fingerprint density at radius 3 is 2.11 bits per heavy atom. The van der Waals surface area contributed by atoms with Crippen LogP contribution in [0.25, 0.3) is 0 Å². The van der Waals surface area contributed by atoms with E-state index in [1.165, 1.54) is 31.3 Å². The van der Waals surface area contributed by atoms with Crippen molar-refractivity contribution in [1.29, 1.82) is 0 Å². The van der Waals surface area contributed by atoms with Gasteiger partial charge in [0, 0.05) is 31.0 Å². The summed E-state index contributed by atoms with van der Waals surface area (Å²) >= 11 is 0. The predicted molar refractivity (Wildman–Crippen MR) is 145 cm³/mol. The minimum Gasteiger partial charge on any atom is -0.492 e. The molecular weight excluding hydrogens is 436 g/mol. The van der Waals surface area contributed by atoms with E-state index < -0.39 is 0 Å². The lowest BCUT2D eigenvalue weighted by atomic mass is 10.0. The van der Waals surface area contributed by atoms with E-state index in [4.69, 9.17) is 9.47 Å². The number of hydrogen-bond acceptors (Lipinski definition) is 6. The number of likely N-dealkylation sites (N-methyl/N-ethyl adjacent to an activating group) is 1. The third-order valence-electron chi connectivity index (χ3n) is 6.11. The van der Waals surface area contributed by atoms with E-state index in [-0.39, 0.29) is 0 Å². The summed E-state index contributed by atoms with van der Waals surface area (Å²) in [4.78, 5) is 15.5. The standard InChI is InChI=1S/C15H24N2O.C14H18N2O/c1-3-4-5-11-18-14-8-9-16-15(14)13-7-6-10-17(2)12-13;1-2-3-4-10-17-13-7-9-16-14(13)12-6-5-8-15-11-12/h7-8H,3-6,9-12H2,1-2H3;5-8,11H,2-4,9-10H2,1H3. The van der Waals surface area contributed by atoms with Crippen LogP contribution in [0.3, 0.4) is 0 Å². The topological polar surface area (TPSA) is 59.3 Å². The molecule has 3 aliphatic rings. The summed E-state index contributed by atoms with van der Waals surface area (Å²) in [7, 11) is 2.16. The molecular formula is C29H42N4O2. The van der Waals surface area contributed by atoms with Gasteiger partial charge in [0.1, 0.15) is 22.9 Å². The van der Waals surface area contributed by atoms with Gasteiger partial charge in [-0.05, 0) is 56.2 Å². The molecule has 0 spiro atoms. The van der Waals surface area contributed by atoms with Crippen molar-refractivity contribution in [2.45, 2.75) is 58.8 Å². The smallest absolute Gasteiger partial charge is 0.142 e. The van der Waals surface area contributed by atoms with E-state index in [0.717, 1.165) is 80.6 Å². The predicted octanol–water partition coefficient (Wildman–Crippen LogP) is 5.77. The quantitative estimate of drug-likeness (QED) is 0.358. The number of hydrogen-bond donors (Lipinski definition) is 0. The van der Waals surface area contributed by atoms with Crippen molar-refractivity contribution in [3.63, 3.8) is 0 Å². The third kappa shape index (κ3) is 8.77. The van der Waals surface area contributed by atoms with Gasteiger partial charge in [0.25, 0.3) is 0 Å². The minimum atomic E-state index is 0.716. The molecule has 35 heavy (non-hydrogen) atoms. The molecule has 0 unspecified atom stereocenters. The van der Waals surface area contributed by atoms with Crippen LogP contribution in [0, 0.1) is 0 Å². The van der Waals surface area contributed by atoms with Gasteiger partial charge in [-0.15, -0.1) is 0 Å². The highest BCUT2D eigenvalue weighted by Gasteiger charge is 2.21. The molecule has 4 heterocycles. The van der Waals surface area contributed by atoms with Crippen LogP contribution in [-0.2, 0) is 9.47 Å². The van der Waals surface area contributed by atoms with E-state index in [0.29, 0.717) is 6.54 Å². The van der Waals surface area contributed by atoms with Gasteiger partial charge < -0.3 is 14.4 Å². The van der Waals surface area contributed by atoms with Gasteiger partial charge in [-0.25, -0.2) is 0 Å². The maximum absolute atomic E-state index is 5.88. The van der Waals surface area contributed by atoms with E-state index in [2.05, 4.69) is 52.9 Å². The molecule has 3 aliphatic heterocycles. The number of ether oxygens (including phenoxy) is 2. The molecule has 0 radical (unpaired) electrons. The Kier molecular flexibility index (Phi) is 11.7. The van der Waals surface area contributed by atoms with Gasteiger partial charge in [0.2, 0.25) is 0 Å². The fourth-order valence-corrected chi connectivity index (χ4v) is 4.17. The Balaban J connectivity index is 0.000000196. The van der Waals surface area contributed by atoms with Gasteiger partial charge in [-0.2, -0.15) is 0 Å². The summed E-state index contributed by atoms with van der Waals surface area (Å²) in [6, 6.07) is 3.94. The van der Waals surface area contributed by atoms with Crippen molar-refractivity contribution < 1.29 is 9.47 Å². The molecule has 4 rings (SSSR count). The number of aromatic nitrogens is 1. The lowest BCUT2D eigenvalue weighted by Gasteiger charge is -2.23. The first kappa shape index (κ1) is 26.9. The summed E-state index contributed by atoms with van der Waals surface area (Å²) < 4.78 is 11.7. The molecule has 0 N–H and O–H groups in total. The molecule has 0 saturated heterocycles. The Morgan fingerprint density at radius 1 is 0.857 bits per heavy atom. The number of unbranched alkanes of at least 4 members (excludes halogenated alkanes) is 4. The Labute approximate surface area is 211 Å². The summed E-state index contributed by atoms with van der Waals surface area (Å²) in [5.74, 6) is 1.92. The Morgan fingerprint density at radius 2 is 1.51 bits per heavy atom. The minimum absolute atomic E-state index is 0.716. The molecule has 0 saturated carbocycles. The van der Waals surface area contributed by atoms with Crippen molar-refractivity contribution >= 4 is 11.4 Å². The molecule has 0 amide bonds. The summed E-state index contributed by atoms with van der Waals surface area (Å²) in [5.41, 5.74) is 4.40. The summed E-state index contributed by atoms with van der Waals surface area (Å²) in [6.45, 7) is 9.64. The van der Waals surface area contributed by atoms with Crippen molar-refractivity contribution in [1.82, 2.24) is 9.88 Å². The Bertz CT molecular complexity index is 931. The highest BCUT2D eigenvalue weighted by molar-refractivity contribution is 6.13. The van der Waals surface area contributed by atoms with E-state index in [9.17, 15) is 0 Å². The van der Waals surface area contributed by atoms with Gasteiger partial charge in [0.15, 0.2) is 0 Å². The van der Waals surface area contributed by atoms with Crippen LogP contribution in [-0.4, -0.2) is 67.7 Å². The fraction of sp³-hybridized carbons (Fsp3) is 0.552. The molecule has 1 aromatic heterocycles. The average Bonchev–Trinajstić information content (AvgIpc) is 3.55. The molecule has 1 aromatic rings. The second kappa shape index (κ2) is 15.3. The van der Waals surface area contributed by atoms with Crippen LogP contribution < -0.4 is 0 Å². The maximum atomic E-state index is 5.88. The van der Waals surface area contributed by atoms with Crippen LogP contribution >= 0.6 is 0 Å². The number of pyridine rings is 1. The molecule has 6 nitrogen and oxygen atoms in total. The molecule has 0 atom stereocenters. The van der Waals surface area contributed by atoms with Crippen LogP contribution in [0.4, 0.5) is 0 Å². The third-order valence-corrected chi connectivity index (χ3v) is 6.11. The largest absolute Gasteiger partial charge is 0.492 e. The SMILES string of the molecule is CCCCCOC1=CCN=C1C1=CCCN(C)C1.CCCCCOC1=CCN=C1c1cccnc1. The van der Waals surface area contributed by atoms with Gasteiger partial charge in [0.05, 0.1) is 26.3 Å². The fourth-order valence-electron chi connectivity index (χ4n) is 4.17.